The summed E-state index contributed by atoms with van der Waals surface area (Å²) in [6.45, 7) is 6.47. The third-order valence-corrected chi connectivity index (χ3v) is 12.0. The van der Waals surface area contributed by atoms with Crippen LogP contribution in [0.25, 0.3) is 0 Å². The maximum atomic E-state index is 13.2. The fraction of sp³-hybridized carbons (Fsp3) is 0.887. The molecule has 0 aromatic rings. The van der Waals surface area contributed by atoms with Crippen molar-refractivity contribution in [1.82, 2.24) is 5.32 Å². The molecule has 3 N–H and O–H groups in total. The van der Waals surface area contributed by atoms with Crippen molar-refractivity contribution in [3.63, 3.8) is 0 Å². The van der Waals surface area contributed by atoms with Gasteiger partial charge in [-0.1, -0.05) is 244 Å². The number of amides is 1. The molecule has 3 unspecified atom stereocenters. The van der Waals surface area contributed by atoms with E-state index in [4.69, 9.17) is 4.74 Å². The molecular formula is C53H101NO5. The largest absolute Gasteiger partial charge is 0.462 e. The fourth-order valence-electron chi connectivity index (χ4n) is 8.07. The van der Waals surface area contributed by atoms with Gasteiger partial charge in [0, 0.05) is 6.42 Å². The number of unbranched alkanes of at least 4 members (excludes halogenated alkanes) is 31. The van der Waals surface area contributed by atoms with Crippen LogP contribution in [0.4, 0.5) is 0 Å². The van der Waals surface area contributed by atoms with Crippen LogP contribution in [0.5, 0.6) is 0 Å². The van der Waals surface area contributed by atoms with Crippen LogP contribution < -0.4 is 5.32 Å². The number of nitrogens with one attached hydrogen (secondary N) is 1. The van der Waals surface area contributed by atoms with Gasteiger partial charge in [-0.15, -0.1) is 0 Å². The van der Waals surface area contributed by atoms with Crippen molar-refractivity contribution >= 4 is 11.9 Å². The summed E-state index contributed by atoms with van der Waals surface area (Å²) in [5.41, 5.74) is 0. The lowest BCUT2D eigenvalue weighted by molar-refractivity contribution is -0.150. The lowest BCUT2D eigenvalue weighted by Crippen LogP contribution is -2.46. The Labute approximate surface area is 367 Å². The highest BCUT2D eigenvalue weighted by Gasteiger charge is 2.24. The van der Waals surface area contributed by atoms with E-state index in [1.807, 2.05) is 0 Å². The van der Waals surface area contributed by atoms with Crippen molar-refractivity contribution in [2.24, 2.45) is 0 Å². The molecular weight excluding hydrogens is 731 g/mol. The number of aliphatic hydroxyl groups excluding tert-OH is 2. The Balaban J connectivity index is 4.61. The van der Waals surface area contributed by atoms with Crippen LogP contribution in [0.3, 0.4) is 0 Å². The van der Waals surface area contributed by atoms with Gasteiger partial charge in [-0.3, -0.25) is 9.59 Å². The molecule has 0 aliphatic heterocycles. The number of aliphatic hydroxyl groups is 2. The lowest BCUT2D eigenvalue weighted by atomic mass is 10.0. The van der Waals surface area contributed by atoms with Crippen molar-refractivity contribution in [3.05, 3.63) is 24.3 Å². The summed E-state index contributed by atoms with van der Waals surface area (Å²) in [4.78, 5) is 26.1. The molecule has 348 valence electrons. The molecule has 6 heteroatoms. The second kappa shape index (κ2) is 47.4. The Morgan fingerprint density at radius 2 is 0.864 bits per heavy atom. The zero-order valence-corrected chi connectivity index (χ0v) is 39.7. The molecule has 0 spiro atoms. The van der Waals surface area contributed by atoms with E-state index in [-0.39, 0.29) is 24.9 Å². The minimum absolute atomic E-state index is 0.0609. The van der Waals surface area contributed by atoms with E-state index in [1.165, 1.54) is 180 Å². The SMILES string of the molecule is CCCCCCCC/C=C\C/C=C/CCC(=O)OC(CCCCCCCCCCCCCCCCCC)CC(=O)NC(CO)C(O)CCCCCCCCCCCCC. The molecule has 59 heavy (non-hydrogen) atoms. The van der Waals surface area contributed by atoms with Crippen LogP contribution in [-0.2, 0) is 14.3 Å². The predicted octanol–water partition coefficient (Wildman–Crippen LogP) is 15.5. The molecule has 0 saturated carbocycles. The minimum atomic E-state index is -0.791. The number of ether oxygens (including phenoxy) is 1. The van der Waals surface area contributed by atoms with E-state index in [0.717, 1.165) is 44.9 Å². The third-order valence-electron chi connectivity index (χ3n) is 12.0. The Hall–Kier alpha value is -1.66. The van der Waals surface area contributed by atoms with E-state index >= 15 is 0 Å². The van der Waals surface area contributed by atoms with E-state index in [1.54, 1.807) is 0 Å². The van der Waals surface area contributed by atoms with Gasteiger partial charge >= 0.3 is 5.97 Å². The van der Waals surface area contributed by atoms with Crippen LogP contribution >= 0.6 is 0 Å². The van der Waals surface area contributed by atoms with Crippen LogP contribution in [0, 0.1) is 0 Å². The van der Waals surface area contributed by atoms with Gasteiger partial charge in [0.2, 0.25) is 5.91 Å². The summed E-state index contributed by atoms with van der Waals surface area (Å²) >= 11 is 0. The molecule has 0 aromatic carbocycles. The molecule has 0 saturated heterocycles. The highest BCUT2D eigenvalue weighted by molar-refractivity contribution is 5.77. The fourth-order valence-corrected chi connectivity index (χ4v) is 8.07. The highest BCUT2D eigenvalue weighted by atomic mass is 16.5. The van der Waals surface area contributed by atoms with E-state index in [2.05, 4.69) is 50.4 Å². The molecule has 0 rings (SSSR count). The number of rotatable bonds is 47. The van der Waals surface area contributed by atoms with Crippen molar-refractivity contribution < 1.29 is 24.5 Å². The standard InChI is InChI=1S/C53H101NO5/c1-4-7-10-13-16-19-22-24-25-26-28-30-32-35-38-41-44-49(59-53(58)46-43-40-37-34-31-27-23-20-17-14-11-8-5-2)47-52(57)54-50(48-55)51(56)45-42-39-36-33-29-21-18-15-12-9-6-3/h27,31,37,40,49-51,55-56H,4-26,28-30,32-36,38-39,41-48H2,1-3H3,(H,54,57)/b31-27-,40-37+. The third kappa shape index (κ3) is 42.8. The average Bonchev–Trinajstić information content (AvgIpc) is 3.23. The molecule has 0 radical (unpaired) electrons. The summed E-state index contributed by atoms with van der Waals surface area (Å²) in [5, 5.41) is 23.7. The Morgan fingerprint density at radius 3 is 1.29 bits per heavy atom. The molecule has 0 aliphatic rings. The Kier molecular flexibility index (Phi) is 46.1. The van der Waals surface area contributed by atoms with Gasteiger partial charge in [0.25, 0.3) is 0 Å². The molecule has 6 nitrogen and oxygen atoms in total. The van der Waals surface area contributed by atoms with Gasteiger partial charge in [0.15, 0.2) is 0 Å². The molecule has 0 aliphatic carbocycles. The highest BCUT2D eigenvalue weighted by Crippen LogP contribution is 2.18. The zero-order valence-electron chi connectivity index (χ0n) is 39.7. The van der Waals surface area contributed by atoms with E-state index in [9.17, 15) is 19.8 Å². The summed E-state index contributed by atoms with van der Waals surface area (Å²) < 4.78 is 5.90. The monoisotopic (exact) mass is 832 g/mol. The van der Waals surface area contributed by atoms with E-state index in [0.29, 0.717) is 25.7 Å². The quantitative estimate of drug-likeness (QED) is 0.0322. The maximum absolute atomic E-state index is 13.2. The Morgan fingerprint density at radius 1 is 0.492 bits per heavy atom. The number of hydrogen-bond donors (Lipinski definition) is 3. The number of carbonyl (C=O) groups is 2. The number of allylic oxidation sites excluding steroid dienone is 4. The van der Waals surface area contributed by atoms with Crippen molar-refractivity contribution in [2.45, 2.75) is 296 Å². The number of esters is 1. The van der Waals surface area contributed by atoms with Gasteiger partial charge in [-0.05, 0) is 44.9 Å². The predicted molar refractivity (Wildman–Crippen MR) is 255 cm³/mol. The van der Waals surface area contributed by atoms with Crippen molar-refractivity contribution in [1.29, 1.82) is 0 Å². The zero-order chi connectivity index (χ0) is 43.1. The lowest BCUT2D eigenvalue weighted by Gasteiger charge is -2.24. The van der Waals surface area contributed by atoms with Crippen LogP contribution in [0.2, 0.25) is 0 Å². The molecule has 0 bridgehead atoms. The van der Waals surface area contributed by atoms with Crippen LogP contribution in [0.15, 0.2) is 24.3 Å². The minimum Gasteiger partial charge on any atom is -0.462 e. The maximum Gasteiger partial charge on any atom is 0.306 e. The molecule has 0 fully saturated rings. The molecule has 1 amide bonds. The van der Waals surface area contributed by atoms with Crippen LogP contribution in [0.1, 0.15) is 278 Å². The first-order valence-corrected chi connectivity index (χ1v) is 26.1. The molecule has 3 atom stereocenters. The molecule has 0 heterocycles. The Bertz CT molecular complexity index is 935. The van der Waals surface area contributed by atoms with Crippen molar-refractivity contribution in [2.75, 3.05) is 6.61 Å². The molecule has 0 aromatic heterocycles. The summed E-state index contributed by atoms with van der Waals surface area (Å²) in [6, 6.07) is -0.706. The van der Waals surface area contributed by atoms with Crippen LogP contribution in [-0.4, -0.2) is 46.9 Å². The normalized spacial score (nSPS) is 13.4. The van der Waals surface area contributed by atoms with Gasteiger partial charge in [-0.25, -0.2) is 0 Å². The first-order valence-electron chi connectivity index (χ1n) is 26.1. The summed E-state index contributed by atoms with van der Waals surface area (Å²) in [6.07, 6.45) is 53.9. The second-order valence-electron chi connectivity index (χ2n) is 17.9. The number of carbonyl (C=O) groups excluding carboxylic acids is 2. The van der Waals surface area contributed by atoms with Gasteiger partial charge < -0.3 is 20.3 Å². The number of hydrogen-bond acceptors (Lipinski definition) is 5. The van der Waals surface area contributed by atoms with Gasteiger partial charge in [0.1, 0.15) is 6.10 Å². The average molecular weight is 832 g/mol. The first-order chi connectivity index (χ1) is 29.0. The smallest absolute Gasteiger partial charge is 0.306 e. The summed E-state index contributed by atoms with van der Waals surface area (Å²) in [5.74, 6) is -0.540. The first kappa shape index (κ1) is 57.3. The topological polar surface area (TPSA) is 95.9 Å². The van der Waals surface area contributed by atoms with Gasteiger partial charge in [-0.2, -0.15) is 0 Å². The van der Waals surface area contributed by atoms with E-state index < -0.39 is 18.2 Å². The van der Waals surface area contributed by atoms with Gasteiger partial charge in [0.05, 0.1) is 25.2 Å². The summed E-state index contributed by atoms with van der Waals surface area (Å²) in [7, 11) is 0. The van der Waals surface area contributed by atoms with Crippen molar-refractivity contribution in [3.8, 4) is 0 Å². The second-order valence-corrected chi connectivity index (χ2v) is 17.9.